The maximum atomic E-state index is 13.5. The molecule has 1 amide bonds. The molecule has 0 radical (unpaired) electrons. The molecule has 1 N–H and O–H groups in total. The van der Waals surface area contributed by atoms with Gasteiger partial charge >= 0.3 is 0 Å². The molecule has 2 aromatic rings. The van der Waals surface area contributed by atoms with Gasteiger partial charge in [0.15, 0.2) is 0 Å². The van der Waals surface area contributed by atoms with Crippen LogP contribution in [0.15, 0.2) is 47.5 Å². The number of nitrogens with zero attached hydrogens (tertiary/aromatic N) is 2. The summed E-state index contributed by atoms with van der Waals surface area (Å²) >= 11 is 0. The molecule has 148 valence electrons. The van der Waals surface area contributed by atoms with Crippen LogP contribution in [0, 0.1) is 5.82 Å². The predicted molar refractivity (Wildman–Crippen MR) is 110 cm³/mol. The number of fused-ring (bicyclic) bond motifs is 1. The molecule has 5 nitrogen and oxygen atoms in total. The van der Waals surface area contributed by atoms with Gasteiger partial charge < -0.3 is 15.0 Å². The SMILES string of the molecule is CCN(CC)CCCOc1ccc(N=CC2C(=O)Nc3ccc(F)cc32)cc1. The van der Waals surface area contributed by atoms with Gasteiger partial charge in [0, 0.05) is 18.4 Å². The van der Waals surface area contributed by atoms with Crippen LogP contribution in [0.3, 0.4) is 0 Å². The number of nitrogens with one attached hydrogen (secondary N) is 1. The summed E-state index contributed by atoms with van der Waals surface area (Å²) in [7, 11) is 0. The average molecular weight is 383 g/mol. The zero-order valence-corrected chi connectivity index (χ0v) is 16.3. The summed E-state index contributed by atoms with van der Waals surface area (Å²) in [5, 5.41) is 2.74. The molecule has 28 heavy (non-hydrogen) atoms. The molecule has 0 saturated carbocycles. The van der Waals surface area contributed by atoms with Gasteiger partial charge in [0.2, 0.25) is 5.91 Å². The Morgan fingerprint density at radius 3 is 2.64 bits per heavy atom. The minimum Gasteiger partial charge on any atom is -0.494 e. The summed E-state index contributed by atoms with van der Waals surface area (Å²) in [4.78, 5) is 18.9. The normalized spacial score (nSPS) is 15.9. The first kappa shape index (κ1) is 20.0. The van der Waals surface area contributed by atoms with Crippen molar-refractivity contribution in [3.8, 4) is 5.75 Å². The van der Waals surface area contributed by atoms with Crippen molar-refractivity contribution in [3.63, 3.8) is 0 Å². The van der Waals surface area contributed by atoms with E-state index in [1.54, 1.807) is 12.3 Å². The summed E-state index contributed by atoms with van der Waals surface area (Å²) in [5.74, 6) is -0.347. The van der Waals surface area contributed by atoms with Crippen LogP contribution in [-0.4, -0.2) is 43.3 Å². The molecule has 1 heterocycles. The number of amides is 1. The molecule has 0 spiro atoms. The van der Waals surface area contributed by atoms with Crippen molar-refractivity contribution in [2.75, 3.05) is 31.6 Å². The zero-order valence-electron chi connectivity index (χ0n) is 16.3. The summed E-state index contributed by atoms with van der Waals surface area (Å²) in [5.41, 5.74) is 1.96. The first-order valence-corrected chi connectivity index (χ1v) is 9.70. The maximum Gasteiger partial charge on any atom is 0.237 e. The quantitative estimate of drug-likeness (QED) is 0.517. The van der Waals surface area contributed by atoms with Gasteiger partial charge in [-0.3, -0.25) is 9.79 Å². The van der Waals surface area contributed by atoms with Gasteiger partial charge in [0.05, 0.1) is 12.3 Å². The van der Waals surface area contributed by atoms with Crippen molar-refractivity contribution >= 4 is 23.5 Å². The highest BCUT2D eigenvalue weighted by Gasteiger charge is 2.29. The second-order valence-corrected chi connectivity index (χ2v) is 6.70. The van der Waals surface area contributed by atoms with Crippen LogP contribution in [-0.2, 0) is 4.79 Å². The van der Waals surface area contributed by atoms with E-state index in [1.807, 2.05) is 24.3 Å². The lowest BCUT2D eigenvalue weighted by molar-refractivity contribution is -0.115. The van der Waals surface area contributed by atoms with E-state index < -0.39 is 5.92 Å². The molecule has 0 aromatic heterocycles. The largest absolute Gasteiger partial charge is 0.494 e. The van der Waals surface area contributed by atoms with Crippen LogP contribution < -0.4 is 10.1 Å². The summed E-state index contributed by atoms with van der Waals surface area (Å²) in [6, 6.07) is 11.7. The van der Waals surface area contributed by atoms with Crippen LogP contribution in [0.2, 0.25) is 0 Å². The number of anilines is 1. The van der Waals surface area contributed by atoms with Gasteiger partial charge in [-0.2, -0.15) is 0 Å². The third-order valence-electron chi connectivity index (χ3n) is 4.88. The van der Waals surface area contributed by atoms with E-state index >= 15 is 0 Å². The zero-order chi connectivity index (χ0) is 19.9. The number of rotatable bonds is 9. The number of carbonyl (C=O) groups excluding carboxylic acids is 1. The Balaban J connectivity index is 1.55. The molecule has 6 heteroatoms. The first-order chi connectivity index (χ1) is 13.6. The van der Waals surface area contributed by atoms with E-state index in [4.69, 9.17) is 4.74 Å². The van der Waals surface area contributed by atoms with Crippen molar-refractivity contribution in [2.45, 2.75) is 26.2 Å². The van der Waals surface area contributed by atoms with E-state index in [9.17, 15) is 9.18 Å². The topological polar surface area (TPSA) is 53.9 Å². The monoisotopic (exact) mass is 383 g/mol. The summed E-state index contributed by atoms with van der Waals surface area (Å²) in [6.45, 7) is 8.13. The maximum absolute atomic E-state index is 13.5. The minimum atomic E-state index is -0.582. The molecular formula is C22H26FN3O2. The Labute approximate surface area is 165 Å². The Hall–Kier alpha value is -2.73. The van der Waals surface area contributed by atoms with Crippen LogP contribution in [0.5, 0.6) is 5.75 Å². The van der Waals surface area contributed by atoms with E-state index in [2.05, 4.69) is 29.1 Å². The van der Waals surface area contributed by atoms with E-state index in [-0.39, 0.29) is 11.7 Å². The molecule has 1 atom stereocenters. The Morgan fingerprint density at radius 2 is 1.93 bits per heavy atom. The highest BCUT2D eigenvalue weighted by Crippen LogP contribution is 2.32. The van der Waals surface area contributed by atoms with Crippen molar-refractivity contribution in [3.05, 3.63) is 53.8 Å². The van der Waals surface area contributed by atoms with Gasteiger partial charge in [-0.1, -0.05) is 13.8 Å². The highest BCUT2D eigenvalue weighted by molar-refractivity contribution is 6.12. The lowest BCUT2D eigenvalue weighted by Gasteiger charge is -2.17. The van der Waals surface area contributed by atoms with E-state index in [0.717, 1.165) is 31.8 Å². The van der Waals surface area contributed by atoms with E-state index in [0.29, 0.717) is 23.5 Å². The van der Waals surface area contributed by atoms with Crippen LogP contribution in [0.4, 0.5) is 15.8 Å². The Morgan fingerprint density at radius 1 is 1.18 bits per heavy atom. The fourth-order valence-electron chi connectivity index (χ4n) is 3.21. The Bertz CT molecular complexity index is 832. The average Bonchev–Trinajstić information content (AvgIpc) is 3.02. The molecule has 0 fully saturated rings. The molecule has 3 rings (SSSR count). The second kappa shape index (κ2) is 9.46. The van der Waals surface area contributed by atoms with Crippen LogP contribution in [0.1, 0.15) is 31.7 Å². The standard InChI is InChI=1S/C22H26FN3O2/c1-3-26(4-2)12-5-13-28-18-9-7-17(8-10-18)24-15-20-19-14-16(23)6-11-21(19)25-22(20)27/h6-11,14-15,20H,3-5,12-13H2,1-2H3,(H,25,27). The molecule has 0 saturated heterocycles. The number of carbonyl (C=O) groups is 1. The molecular weight excluding hydrogens is 357 g/mol. The predicted octanol–water partition coefficient (Wildman–Crippen LogP) is 4.37. The number of hydrogen-bond donors (Lipinski definition) is 1. The summed E-state index contributed by atoms with van der Waals surface area (Å²) < 4.78 is 19.3. The van der Waals surface area contributed by atoms with Crippen molar-refractivity contribution in [1.29, 1.82) is 0 Å². The number of hydrogen-bond acceptors (Lipinski definition) is 4. The molecule has 0 aliphatic carbocycles. The fourth-order valence-corrected chi connectivity index (χ4v) is 3.21. The van der Waals surface area contributed by atoms with Gasteiger partial charge in [0.1, 0.15) is 17.5 Å². The highest BCUT2D eigenvalue weighted by atomic mass is 19.1. The minimum absolute atomic E-state index is 0.197. The third kappa shape index (κ3) is 4.95. The first-order valence-electron chi connectivity index (χ1n) is 9.70. The van der Waals surface area contributed by atoms with Crippen molar-refractivity contribution in [2.24, 2.45) is 4.99 Å². The number of aliphatic imine (C=N–C) groups is 1. The fraction of sp³-hybridized carbons (Fsp3) is 0.364. The molecule has 1 aliphatic rings. The summed E-state index contributed by atoms with van der Waals surface area (Å²) in [6.07, 6.45) is 2.54. The smallest absolute Gasteiger partial charge is 0.237 e. The van der Waals surface area contributed by atoms with Crippen molar-refractivity contribution < 1.29 is 13.9 Å². The van der Waals surface area contributed by atoms with Gasteiger partial charge in [-0.05, 0) is 67.5 Å². The van der Waals surface area contributed by atoms with Gasteiger partial charge in [0.25, 0.3) is 0 Å². The molecule has 0 bridgehead atoms. The number of halogens is 1. The van der Waals surface area contributed by atoms with Gasteiger partial charge in [-0.25, -0.2) is 4.39 Å². The van der Waals surface area contributed by atoms with Crippen molar-refractivity contribution in [1.82, 2.24) is 4.90 Å². The number of benzene rings is 2. The van der Waals surface area contributed by atoms with Crippen LogP contribution >= 0.6 is 0 Å². The Kier molecular flexibility index (Phi) is 6.76. The second-order valence-electron chi connectivity index (χ2n) is 6.70. The molecule has 2 aromatic carbocycles. The molecule has 1 aliphatic heterocycles. The third-order valence-corrected chi connectivity index (χ3v) is 4.88. The van der Waals surface area contributed by atoms with E-state index in [1.165, 1.54) is 12.1 Å². The number of ether oxygens (including phenoxy) is 1. The lowest BCUT2D eigenvalue weighted by Crippen LogP contribution is -2.25. The van der Waals surface area contributed by atoms with Gasteiger partial charge in [-0.15, -0.1) is 0 Å². The molecule has 1 unspecified atom stereocenters. The van der Waals surface area contributed by atoms with Crippen LogP contribution in [0.25, 0.3) is 0 Å². The lowest BCUT2D eigenvalue weighted by atomic mass is 10.0.